The SMILES string of the molecule is Cc1cc(NC(=O)C2CCN(C(=O)Nc3ccc4c(c3)OCO4)CC2)no1. The first-order valence-electron chi connectivity index (χ1n) is 8.78. The van der Waals surface area contributed by atoms with Crippen LogP contribution in [0.2, 0.25) is 0 Å². The fourth-order valence-electron chi connectivity index (χ4n) is 3.18. The molecule has 0 atom stereocenters. The average Bonchev–Trinajstić information content (AvgIpc) is 3.30. The van der Waals surface area contributed by atoms with Crippen LogP contribution < -0.4 is 20.1 Å². The predicted molar refractivity (Wildman–Crippen MR) is 95.8 cm³/mol. The zero-order valence-electron chi connectivity index (χ0n) is 14.9. The molecule has 3 amide bonds. The maximum atomic E-state index is 12.5. The van der Waals surface area contributed by atoms with Crippen molar-refractivity contribution in [3.8, 4) is 11.5 Å². The number of fused-ring (bicyclic) bond motifs is 1. The molecule has 1 saturated heterocycles. The Morgan fingerprint density at radius 1 is 1.11 bits per heavy atom. The molecule has 9 heteroatoms. The van der Waals surface area contributed by atoms with Gasteiger partial charge >= 0.3 is 6.03 Å². The average molecular weight is 372 g/mol. The lowest BCUT2D eigenvalue weighted by molar-refractivity contribution is -0.121. The maximum Gasteiger partial charge on any atom is 0.321 e. The van der Waals surface area contributed by atoms with Crippen molar-refractivity contribution >= 4 is 23.4 Å². The zero-order chi connectivity index (χ0) is 18.8. The van der Waals surface area contributed by atoms with E-state index in [4.69, 9.17) is 14.0 Å². The summed E-state index contributed by atoms with van der Waals surface area (Å²) in [6, 6.07) is 6.75. The van der Waals surface area contributed by atoms with E-state index in [1.165, 1.54) is 0 Å². The number of hydrogen-bond donors (Lipinski definition) is 2. The van der Waals surface area contributed by atoms with Gasteiger partial charge in [-0.3, -0.25) is 4.79 Å². The van der Waals surface area contributed by atoms with Crippen LogP contribution in [0.5, 0.6) is 11.5 Å². The number of ether oxygens (including phenoxy) is 2. The number of nitrogens with zero attached hydrogens (tertiary/aromatic N) is 2. The van der Waals surface area contributed by atoms with Crippen molar-refractivity contribution in [1.29, 1.82) is 0 Å². The minimum Gasteiger partial charge on any atom is -0.454 e. The van der Waals surface area contributed by atoms with Gasteiger partial charge in [-0.1, -0.05) is 5.16 Å². The highest BCUT2D eigenvalue weighted by atomic mass is 16.7. The largest absolute Gasteiger partial charge is 0.454 e. The van der Waals surface area contributed by atoms with E-state index in [2.05, 4.69) is 15.8 Å². The molecule has 2 N–H and O–H groups in total. The second-order valence-corrected chi connectivity index (χ2v) is 6.57. The summed E-state index contributed by atoms with van der Waals surface area (Å²) in [7, 11) is 0. The minimum atomic E-state index is -0.195. The number of benzene rings is 1. The highest BCUT2D eigenvalue weighted by molar-refractivity contribution is 5.92. The third-order valence-electron chi connectivity index (χ3n) is 4.66. The van der Waals surface area contributed by atoms with Gasteiger partial charge in [0.1, 0.15) is 5.76 Å². The Morgan fingerprint density at radius 2 is 1.89 bits per heavy atom. The molecule has 9 nitrogen and oxygen atoms in total. The molecule has 1 aromatic carbocycles. The number of likely N-dealkylation sites (tertiary alicyclic amines) is 1. The molecule has 2 aliphatic rings. The van der Waals surface area contributed by atoms with Crippen molar-refractivity contribution in [2.45, 2.75) is 19.8 Å². The first kappa shape index (κ1) is 17.2. The molecule has 2 aliphatic heterocycles. The van der Waals surface area contributed by atoms with E-state index in [9.17, 15) is 9.59 Å². The van der Waals surface area contributed by atoms with Crippen LogP contribution in [0.15, 0.2) is 28.8 Å². The summed E-state index contributed by atoms with van der Waals surface area (Å²) in [4.78, 5) is 26.5. The molecule has 0 bridgehead atoms. The smallest absolute Gasteiger partial charge is 0.321 e. The van der Waals surface area contributed by atoms with E-state index >= 15 is 0 Å². The fourth-order valence-corrected chi connectivity index (χ4v) is 3.18. The quantitative estimate of drug-likeness (QED) is 0.858. The van der Waals surface area contributed by atoms with Crippen LogP contribution in [0, 0.1) is 12.8 Å². The third kappa shape index (κ3) is 3.81. The van der Waals surface area contributed by atoms with E-state index in [-0.39, 0.29) is 24.6 Å². The van der Waals surface area contributed by atoms with Gasteiger partial charge in [-0.05, 0) is 31.9 Å². The van der Waals surface area contributed by atoms with Crippen LogP contribution in [-0.4, -0.2) is 41.9 Å². The van der Waals surface area contributed by atoms with Crippen LogP contribution in [0.4, 0.5) is 16.3 Å². The molecule has 2 aromatic rings. The standard InChI is InChI=1S/C18H20N4O5/c1-11-8-16(21-27-11)20-17(23)12-4-6-22(7-5-12)18(24)19-13-2-3-14-15(9-13)26-10-25-14/h2-3,8-9,12H,4-7,10H2,1H3,(H,19,24)(H,20,21,23). The summed E-state index contributed by atoms with van der Waals surface area (Å²) in [6.07, 6.45) is 1.19. The van der Waals surface area contributed by atoms with Gasteiger partial charge in [-0.25, -0.2) is 4.79 Å². The van der Waals surface area contributed by atoms with E-state index < -0.39 is 0 Å². The Kier molecular flexibility index (Phi) is 4.57. The number of aromatic nitrogens is 1. The van der Waals surface area contributed by atoms with Crippen LogP contribution in [0.3, 0.4) is 0 Å². The molecule has 0 saturated carbocycles. The molecule has 0 radical (unpaired) electrons. The topological polar surface area (TPSA) is 106 Å². The maximum absolute atomic E-state index is 12.5. The first-order chi connectivity index (χ1) is 13.1. The lowest BCUT2D eigenvalue weighted by atomic mass is 9.96. The summed E-state index contributed by atoms with van der Waals surface area (Å²) < 4.78 is 15.5. The minimum absolute atomic E-state index is 0.0980. The summed E-state index contributed by atoms with van der Waals surface area (Å²) in [5, 5.41) is 9.37. The Balaban J connectivity index is 1.28. The monoisotopic (exact) mass is 372 g/mol. The van der Waals surface area contributed by atoms with E-state index in [0.29, 0.717) is 54.7 Å². The second kappa shape index (κ2) is 7.18. The highest BCUT2D eigenvalue weighted by Crippen LogP contribution is 2.34. The van der Waals surface area contributed by atoms with Gasteiger partial charge in [0.2, 0.25) is 12.7 Å². The Morgan fingerprint density at radius 3 is 2.63 bits per heavy atom. The molecule has 27 heavy (non-hydrogen) atoms. The van der Waals surface area contributed by atoms with E-state index in [0.717, 1.165) is 0 Å². The van der Waals surface area contributed by atoms with Crippen molar-refractivity contribution in [3.63, 3.8) is 0 Å². The summed E-state index contributed by atoms with van der Waals surface area (Å²) in [5.41, 5.74) is 0.644. The second-order valence-electron chi connectivity index (χ2n) is 6.57. The van der Waals surface area contributed by atoms with Crippen molar-refractivity contribution in [1.82, 2.24) is 10.1 Å². The van der Waals surface area contributed by atoms with Gasteiger partial charge < -0.3 is 29.5 Å². The van der Waals surface area contributed by atoms with Crippen LogP contribution in [0.1, 0.15) is 18.6 Å². The molecule has 4 rings (SSSR count). The molecule has 3 heterocycles. The number of urea groups is 1. The molecule has 0 unspecified atom stereocenters. The normalized spacial score (nSPS) is 16.3. The molecule has 142 valence electrons. The van der Waals surface area contributed by atoms with E-state index in [1.807, 2.05) is 0 Å². The Labute approximate surface area is 155 Å². The number of anilines is 2. The van der Waals surface area contributed by atoms with Crippen molar-refractivity contribution in [2.24, 2.45) is 5.92 Å². The number of aryl methyl sites for hydroxylation is 1. The molecule has 1 aromatic heterocycles. The van der Waals surface area contributed by atoms with Gasteiger partial charge in [0.05, 0.1) is 0 Å². The Hall–Kier alpha value is -3.23. The number of carbonyl (C=O) groups excluding carboxylic acids is 2. The fraction of sp³-hybridized carbons (Fsp3) is 0.389. The van der Waals surface area contributed by atoms with Gasteiger partial charge in [-0.15, -0.1) is 0 Å². The van der Waals surface area contributed by atoms with Crippen molar-refractivity contribution in [2.75, 3.05) is 30.5 Å². The molecular formula is C18H20N4O5. The van der Waals surface area contributed by atoms with Crippen molar-refractivity contribution in [3.05, 3.63) is 30.0 Å². The third-order valence-corrected chi connectivity index (χ3v) is 4.66. The molecule has 0 aliphatic carbocycles. The molecule has 0 spiro atoms. The van der Waals surface area contributed by atoms with Crippen LogP contribution >= 0.6 is 0 Å². The molecule has 1 fully saturated rings. The predicted octanol–water partition coefficient (Wildman–Crippen LogP) is 2.59. The number of amides is 3. The van der Waals surface area contributed by atoms with Gasteiger partial charge in [0, 0.05) is 36.8 Å². The number of hydrogen-bond acceptors (Lipinski definition) is 6. The first-order valence-corrected chi connectivity index (χ1v) is 8.78. The number of nitrogens with one attached hydrogen (secondary N) is 2. The summed E-state index contributed by atoms with van der Waals surface area (Å²) >= 11 is 0. The number of carbonyl (C=O) groups is 2. The highest BCUT2D eigenvalue weighted by Gasteiger charge is 2.28. The van der Waals surface area contributed by atoms with Gasteiger partial charge in [-0.2, -0.15) is 0 Å². The van der Waals surface area contributed by atoms with E-state index in [1.54, 1.807) is 36.1 Å². The Bertz CT molecular complexity index is 857. The van der Waals surface area contributed by atoms with Crippen LogP contribution in [0.25, 0.3) is 0 Å². The number of piperidine rings is 1. The number of rotatable bonds is 3. The van der Waals surface area contributed by atoms with Gasteiger partial charge in [0.25, 0.3) is 0 Å². The lowest BCUT2D eigenvalue weighted by Crippen LogP contribution is -2.43. The van der Waals surface area contributed by atoms with Gasteiger partial charge in [0.15, 0.2) is 17.3 Å². The van der Waals surface area contributed by atoms with Crippen LogP contribution in [-0.2, 0) is 4.79 Å². The summed E-state index contributed by atoms with van der Waals surface area (Å²) in [5.74, 6) is 2.09. The zero-order valence-corrected chi connectivity index (χ0v) is 14.9. The molecular weight excluding hydrogens is 352 g/mol. The lowest BCUT2D eigenvalue weighted by Gasteiger charge is -2.31. The summed E-state index contributed by atoms with van der Waals surface area (Å²) in [6.45, 7) is 2.97. The van der Waals surface area contributed by atoms with Crippen molar-refractivity contribution < 1.29 is 23.6 Å².